The highest BCUT2D eigenvalue weighted by Gasteiger charge is 2.30. The second-order valence-electron chi connectivity index (χ2n) is 7.72. The van der Waals surface area contributed by atoms with Gasteiger partial charge < -0.3 is 14.5 Å². The SMILES string of the molecule is O=C(COc1ccc(F)c(Cl)c1)N1CCC(c2[nH]ncc2C(=O)N2CCCC2)CC1. The molecule has 7 nitrogen and oxygen atoms in total. The Morgan fingerprint density at radius 3 is 2.60 bits per heavy atom. The highest BCUT2D eigenvalue weighted by molar-refractivity contribution is 6.30. The number of aromatic nitrogens is 2. The number of halogens is 2. The van der Waals surface area contributed by atoms with E-state index in [1.165, 1.54) is 18.2 Å². The number of amides is 2. The van der Waals surface area contributed by atoms with E-state index in [9.17, 15) is 14.0 Å². The van der Waals surface area contributed by atoms with Gasteiger partial charge in [-0.25, -0.2) is 4.39 Å². The highest BCUT2D eigenvalue weighted by atomic mass is 35.5. The van der Waals surface area contributed by atoms with Crippen LogP contribution in [0.5, 0.6) is 5.75 Å². The second kappa shape index (κ2) is 9.04. The van der Waals surface area contributed by atoms with Crippen LogP contribution in [0.25, 0.3) is 0 Å². The van der Waals surface area contributed by atoms with Gasteiger partial charge in [0.25, 0.3) is 11.8 Å². The molecule has 1 N–H and O–H groups in total. The van der Waals surface area contributed by atoms with E-state index in [2.05, 4.69) is 10.2 Å². The maximum absolute atomic E-state index is 13.2. The smallest absolute Gasteiger partial charge is 0.260 e. The first-order valence-electron chi connectivity index (χ1n) is 10.2. The number of aromatic amines is 1. The maximum Gasteiger partial charge on any atom is 0.260 e. The predicted octanol–water partition coefficient (Wildman–Crippen LogP) is 3.22. The zero-order valence-corrected chi connectivity index (χ0v) is 17.3. The average molecular weight is 435 g/mol. The molecule has 2 aliphatic heterocycles. The summed E-state index contributed by atoms with van der Waals surface area (Å²) >= 11 is 5.73. The van der Waals surface area contributed by atoms with Crippen molar-refractivity contribution in [2.75, 3.05) is 32.8 Å². The third-order valence-corrected chi connectivity index (χ3v) is 6.09. The number of benzene rings is 1. The van der Waals surface area contributed by atoms with E-state index in [1.807, 2.05) is 4.90 Å². The number of piperidine rings is 1. The average Bonchev–Trinajstić information content (AvgIpc) is 3.46. The molecule has 0 atom stereocenters. The molecule has 9 heteroatoms. The number of hydrogen-bond acceptors (Lipinski definition) is 4. The van der Waals surface area contributed by atoms with Gasteiger partial charge in [0, 0.05) is 38.2 Å². The van der Waals surface area contributed by atoms with Crippen molar-refractivity contribution in [3.8, 4) is 5.75 Å². The molecule has 0 saturated carbocycles. The van der Waals surface area contributed by atoms with Crippen molar-refractivity contribution >= 4 is 23.4 Å². The monoisotopic (exact) mass is 434 g/mol. The summed E-state index contributed by atoms with van der Waals surface area (Å²) in [5.41, 5.74) is 1.52. The molecule has 30 heavy (non-hydrogen) atoms. The number of ether oxygens (including phenoxy) is 1. The molecule has 0 spiro atoms. The maximum atomic E-state index is 13.2. The van der Waals surface area contributed by atoms with E-state index < -0.39 is 5.82 Å². The molecule has 2 fully saturated rings. The quantitative estimate of drug-likeness (QED) is 0.783. The van der Waals surface area contributed by atoms with Crippen LogP contribution in [-0.2, 0) is 4.79 Å². The minimum atomic E-state index is -0.529. The van der Waals surface area contributed by atoms with Gasteiger partial charge in [-0.3, -0.25) is 14.7 Å². The number of nitrogens with one attached hydrogen (secondary N) is 1. The Hall–Kier alpha value is -2.61. The lowest BCUT2D eigenvalue weighted by Gasteiger charge is -2.32. The Morgan fingerprint density at radius 2 is 1.90 bits per heavy atom. The third kappa shape index (κ3) is 4.43. The first-order chi connectivity index (χ1) is 14.5. The fraction of sp³-hybridized carbons (Fsp3) is 0.476. The Balaban J connectivity index is 1.31. The summed E-state index contributed by atoms with van der Waals surface area (Å²) in [7, 11) is 0. The van der Waals surface area contributed by atoms with Crippen molar-refractivity contribution in [2.24, 2.45) is 0 Å². The number of hydrogen-bond donors (Lipinski definition) is 1. The van der Waals surface area contributed by atoms with Crippen molar-refractivity contribution in [1.29, 1.82) is 0 Å². The third-order valence-electron chi connectivity index (χ3n) is 5.80. The molecule has 1 aromatic heterocycles. The second-order valence-corrected chi connectivity index (χ2v) is 8.12. The summed E-state index contributed by atoms with van der Waals surface area (Å²) in [4.78, 5) is 28.9. The van der Waals surface area contributed by atoms with Crippen molar-refractivity contribution in [1.82, 2.24) is 20.0 Å². The summed E-state index contributed by atoms with van der Waals surface area (Å²) in [6.07, 6.45) is 5.21. The molecule has 2 aromatic rings. The molecule has 4 rings (SSSR count). The van der Waals surface area contributed by atoms with E-state index in [0.717, 1.165) is 44.5 Å². The van der Waals surface area contributed by atoms with E-state index in [1.54, 1.807) is 11.1 Å². The fourth-order valence-corrected chi connectivity index (χ4v) is 4.26. The van der Waals surface area contributed by atoms with Gasteiger partial charge in [-0.05, 0) is 37.8 Å². The Morgan fingerprint density at radius 1 is 1.17 bits per heavy atom. The summed E-state index contributed by atoms with van der Waals surface area (Å²) in [5, 5.41) is 7.08. The van der Waals surface area contributed by atoms with Crippen LogP contribution in [-0.4, -0.2) is 64.6 Å². The lowest BCUT2D eigenvalue weighted by Crippen LogP contribution is -2.40. The van der Waals surface area contributed by atoms with Gasteiger partial charge in [0.15, 0.2) is 6.61 Å². The first-order valence-corrected chi connectivity index (χ1v) is 10.6. The van der Waals surface area contributed by atoms with Gasteiger partial charge in [0.2, 0.25) is 0 Å². The zero-order chi connectivity index (χ0) is 21.1. The van der Waals surface area contributed by atoms with E-state index >= 15 is 0 Å². The van der Waals surface area contributed by atoms with Crippen LogP contribution in [0.15, 0.2) is 24.4 Å². The topological polar surface area (TPSA) is 78.5 Å². The van der Waals surface area contributed by atoms with E-state index in [4.69, 9.17) is 16.3 Å². The van der Waals surface area contributed by atoms with Gasteiger partial charge in [0.1, 0.15) is 11.6 Å². The summed E-state index contributed by atoms with van der Waals surface area (Å²) in [6, 6.07) is 4.00. The highest BCUT2D eigenvalue weighted by Crippen LogP contribution is 2.30. The molecule has 160 valence electrons. The van der Waals surface area contributed by atoms with Crippen molar-refractivity contribution in [3.05, 3.63) is 46.5 Å². The standard InChI is InChI=1S/C21H24ClFN4O3/c22-17-11-15(3-4-18(17)23)30-13-19(28)26-9-5-14(6-10-26)20-16(12-24-25-20)21(29)27-7-1-2-8-27/h3-4,11-12,14H,1-2,5-10,13H2,(H,24,25). The molecular formula is C21H24ClFN4O3. The van der Waals surface area contributed by atoms with Crippen LogP contribution in [0.2, 0.25) is 5.02 Å². The lowest BCUT2D eigenvalue weighted by molar-refractivity contribution is -0.134. The normalized spacial score (nSPS) is 17.4. The predicted molar refractivity (Wildman–Crippen MR) is 109 cm³/mol. The van der Waals surface area contributed by atoms with Crippen LogP contribution in [0.3, 0.4) is 0 Å². The van der Waals surface area contributed by atoms with Gasteiger partial charge in [0.05, 0.1) is 22.5 Å². The van der Waals surface area contributed by atoms with Gasteiger partial charge in [-0.15, -0.1) is 0 Å². The Bertz CT molecular complexity index is 921. The number of carbonyl (C=O) groups is 2. The molecule has 0 unspecified atom stereocenters. The summed E-state index contributed by atoms with van der Waals surface area (Å²) < 4.78 is 18.7. The minimum absolute atomic E-state index is 0.0420. The summed E-state index contributed by atoms with van der Waals surface area (Å²) in [6.45, 7) is 2.63. The van der Waals surface area contributed by atoms with Crippen LogP contribution < -0.4 is 4.74 Å². The molecular weight excluding hydrogens is 411 g/mol. The molecule has 2 amide bonds. The van der Waals surface area contributed by atoms with Crippen molar-refractivity contribution < 1.29 is 18.7 Å². The largest absolute Gasteiger partial charge is 0.484 e. The number of likely N-dealkylation sites (tertiary alicyclic amines) is 2. The molecule has 0 radical (unpaired) electrons. The van der Waals surface area contributed by atoms with Gasteiger partial charge in [-0.2, -0.15) is 5.10 Å². The molecule has 0 bridgehead atoms. The fourth-order valence-electron chi connectivity index (χ4n) is 4.09. The first kappa shape index (κ1) is 20.7. The van der Waals surface area contributed by atoms with Crippen LogP contribution in [0, 0.1) is 5.82 Å². The zero-order valence-electron chi connectivity index (χ0n) is 16.6. The molecule has 1 aromatic carbocycles. The van der Waals surface area contributed by atoms with Crippen LogP contribution >= 0.6 is 11.6 Å². The van der Waals surface area contributed by atoms with Crippen molar-refractivity contribution in [2.45, 2.75) is 31.6 Å². The van der Waals surface area contributed by atoms with E-state index in [-0.39, 0.29) is 29.4 Å². The van der Waals surface area contributed by atoms with E-state index in [0.29, 0.717) is 24.4 Å². The number of rotatable bonds is 5. The molecule has 0 aliphatic carbocycles. The molecule has 3 heterocycles. The Labute approximate surface area is 179 Å². The molecule has 2 saturated heterocycles. The lowest BCUT2D eigenvalue weighted by atomic mass is 9.91. The number of nitrogens with zero attached hydrogens (tertiary/aromatic N) is 3. The van der Waals surface area contributed by atoms with Gasteiger partial charge >= 0.3 is 0 Å². The van der Waals surface area contributed by atoms with Crippen LogP contribution in [0.4, 0.5) is 4.39 Å². The van der Waals surface area contributed by atoms with Crippen LogP contribution in [0.1, 0.15) is 47.7 Å². The Kier molecular flexibility index (Phi) is 6.22. The van der Waals surface area contributed by atoms with Gasteiger partial charge in [-0.1, -0.05) is 11.6 Å². The molecule has 2 aliphatic rings. The number of H-pyrrole nitrogens is 1. The van der Waals surface area contributed by atoms with Crippen molar-refractivity contribution in [3.63, 3.8) is 0 Å². The summed E-state index contributed by atoms with van der Waals surface area (Å²) in [5.74, 6) is -0.103. The minimum Gasteiger partial charge on any atom is -0.484 e. The number of carbonyl (C=O) groups excluding carboxylic acids is 2.